The summed E-state index contributed by atoms with van der Waals surface area (Å²) in [5.74, 6) is 0.462. The van der Waals surface area contributed by atoms with Gasteiger partial charge >= 0.3 is 0 Å². The molecule has 2 aliphatic rings. The van der Waals surface area contributed by atoms with E-state index in [1.165, 1.54) is 0 Å². The predicted octanol–water partition coefficient (Wildman–Crippen LogP) is 2.91. The van der Waals surface area contributed by atoms with Crippen molar-refractivity contribution in [1.29, 1.82) is 0 Å². The summed E-state index contributed by atoms with van der Waals surface area (Å²) in [7, 11) is 0. The number of benzene rings is 1. The van der Waals surface area contributed by atoms with Crippen molar-refractivity contribution < 1.29 is 14.3 Å². The fourth-order valence-electron chi connectivity index (χ4n) is 3.42. The fourth-order valence-corrected chi connectivity index (χ4v) is 3.42. The molecule has 1 N–H and O–H groups in total. The smallest absolute Gasteiger partial charge is 0.244 e. The van der Waals surface area contributed by atoms with Crippen LogP contribution in [0.1, 0.15) is 37.3 Å². The van der Waals surface area contributed by atoms with Crippen molar-refractivity contribution in [1.82, 2.24) is 4.90 Å². The predicted molar refractivity (Wildman–Crippen MR) is 97.4 cm³/mol. The van der Waals surface area contributed by atoms with Crippen LogP contribution in [0.25, 0.3) is 0 Å². The molecule has 0 aromatic heterocycles. The molecule has 0 radical (unpaired) electrons. The van der Waals surface area contributed by atoms with Gasteiger partial charge in [0.2, 0.25) is 11.8 Å². The summed E-state index contributed by atoms with van der Waals surface area (Å²) < 4.78 is 5.67. The first kappa shape index (κ1) is 17.9. The lowest BCUT2D eigenvalue weighted by Gasteiger charge is -2.25. The van der Waals surface area contributed by atoms with Crippen molar-refractivity contribution >= 4 is 17.5 Å². The molecule has 5 nitrogen and oxygen atoms in total. The van der Waals surface area contributed by atoms with Crippen molar-refractivity contribution in [2.24, 2.45) is 11.8 Å². The van der Waals surface area contributed by atoms with Gasteiger partial charge in [0.15, 0.2) is 0 Å². The average Bonchev–Trinajstić information content (AvgIpc) is 3.07. The molecule has 1 aromatic rings. The Bertz CT molecular complexity index is 652. The van der Waals surface area contributed by atoms with Gasteiger partial charge in [0, 0.05) is 24.8 Å². The van der Waals surface area contributed by atoms with E-state index in [1.807, 2.05) is 32.0 Å². The number of amides is 2. The van der Waals surface area contributed by atoms with E-state index in [1.54, 1.807) is 4.90 Å². The Morgan fingerprint density at radius 1 is 1.32 bits per heavy atom. The average molecular weight is 344 g/mol. The number of aryl methyl sites for hydroxylation is 1. The Morgan fingerprint density at radius 2 is 2.08 bits per heavy atom. The van der Waals surface area contributed by atoms with Crippen molar-refractivity contribution in [3.05, 3.63) is 29.3 Å². The third kappa shape index (κ3) is 4.40. The molecule has 0 bridgehead atoms. The zero-order valence-corrected chi connectivity index (χ0v) is 15.4. The van der Waals surface area contributed by atoms with Crippen LogP contribution in [0.2, 0.25) is 0 Å². The SMILES string of the molecule is Cc1cccc(NC(=O)CN(CC2CCCO2)C(=O)C2CC2C)c1C. The lowest BCUT2D eigenvalue weighted by molar-refractivity contribution is -0.137. The summed E-state index contributed by atoms with van der Waals surface area (Å²) >= 11 is 0. The first-order valence-corrected chi connectivity index (χ1v) is 9.22. The van der Waals surface area contributed by atoms with E-state index in [4.69, 9.17) is 4.74 Å². The molecule has 5 heteroatoms. The molecule has 1 aliphatic carbocycles. The maximum absolute atomic E-state index is 12.7. The van der Waals surface area contributed by atoms with Crippen molar-refractivity contribution in [2.45, 2.75) is 46.1 Å². The molecule has 2 fully saturated rings. The Balaban J connectivity index is 1.64. The molecule has 136 valence electrons. The number of hydrogen-bond acceptors (Lipinski definition) is 3. The Labute approximate surface area is 149 Å². The van der Waals surface area contributed by atoms with Gasteiger partial charge in [0.1, 0.15) is 0 Å². The van der Waals surface area contributed by atoms with Gasteiger partial charge in [0.25, 0.3) is 0 Å². The van der Waals surface area contributed by atoms with Gasteiger partial charge in [-0.25, -0.2) is 0 Å². The third-order valence-electron chi connectivity index (χ3n) is 5.40. The summed E-state index contributed by atoms with van der Waals surface area (Å²) in [6.07, 6.45) is 2.98. The van der Waals surface area contributed by atoms with Crippen LogP contribution >= 0.6 is 0 Å². The van der Waals surface area contributed by atoms with E-state index in [0.717, 1.165) is 42.7 Å². The maximum atomic E-state index is 12.7. The highest BCUT2D eigenvalue weighted by Gasteiger charge is 2.42. The van der Waals surface area contributed by atoms with E-state index in [-0.39, 0.29) is 30.4 Å². The summed E-state index contributed by atoms with van der Waals surface area (Å²) in [6.45, 7) is 7.46. The van der Waals surface area contributed by atoms with Crippen LogP contribution in [-0.4, -0.2) is 42.5 Å². The van der Waals surface area contributed by atoms with Gasteiger partial charge < -0.3 is 15.0 Å². The van der Waals surface area contributed by atoms with Gasteiger partial charge in [-0.15, -0.1) is 0 Å². The highest BCUT2D eigenvalue weighted by atomic mass is 16.5. The Kier molecular flexibility index (Phi) is 5.42. The molecule has 3 atom stereocenters. The van der Waals surface area contributed by atoms with Gasteiger partial charge in [-0.05, 0) is 56.2 Å². The molecule has 0 spiro atoms. The molecular formula is C20H28N2O3. The minimum absolute atomic E-state index is 0.0616. The van der Waals surface area contributed by atoms with E-state index < -0.39 is 0 Å². The lowest BCUT2D eigenvalue weighted by atomic mass is 10.1. The highest BCUT2D eigenvalue weighted by molar-refractivity contribution is 5.95. The normalized spacial score (nSPS) is 24.8. The van der Waals surface area contributed by atoms with Crippen molar-refractivity contribution in [3.8, 4) is 0 Å². The third-order valence-corrected chi connectivity index (χ3v) is 5.40. The van der Waals surface area contributed by atoms with Gasteiger partial charge in [-0.2, -0.15) is 0 Å². The van der Waals surface area contributed by atoms with Crippen molar-refractivity contribution in [3.63, 3.8) is 0 Å². The first-order chi connectivity index (χ1) is 12.0. The van der Waals surface area contributed by atoms with Crippen LogP contribution in [-0.2, 0) is 14.3 Å². The molecule has 1 aliphatic heterocycles. The Morgan fingerprint density at radius 3 is 2.72 bits per heavy atom. The fraction of sp³-hybridized carbons (Fsp3) is 0.600. The number of ether oxygens (including phenoxy) is 1. The quantitative estimate of drug-likeness (QED) is 0.863. The van der Waals surface area contributed by atoms with E-state index >= 15 is 0 Å². The molecule has 3 rings (SSSR count). The second kappa shape index (κ2) is 7.56. The van der Waals surface area contributed by atoms with Crippen LogP contribution in [0.15, 0.2) is 18.2 Å². The second-order valence-electron chi connectivity index (χ2n) is 7.47. The molecule has 25 heavy (non-hydrogen) atoms. The number of rotatable bonds is 6. The number of anilines is 1. The molecule has 1 heterocycles. The minimum atomic E-state index is -0.145. The number of nitrogens with one attached hydrogen (secondary N) is 1. The van der Waals surface area contributed by atoms with Gasteiger partial charge in [0.05, 0.1) is 12.6 Å². The van der Waals surface area contributed by atoms with Crippen LogP contribution < -0.4 is 5.32 Å². The molecule has 3 unspecified atom stereocenters. The topological polar surface area (TPSA) is 58.6 Å². The molecule has 1 saturated heterocycles. The molecule has 1 saturated carbocycles. The van der Waals surface area contributed by atoms with Crippen LogP contribution in [0.3, 0.4) is 0 Å². The second-order valence-corrected chi connectivity index (χ2v) is 7.47. The first-order valence-electron chi connectivity index (χ1n) is 9.22. The maximum Gasteiger partial charge on any atom is 0.244 e. The molecular weight excluding hydrogens is 316 g/mol. The lowest BCUT2D eigenvalue weighted by Crippen LogP contribution is -2.43. The number of carbonyl (C=O) groups excluding carboxylic acids is 2. The van der Waals surface area contributed by atoms with E-state index in [9.17, 15) is 9.59 Å². The van der Waals surface area contributed by atoms with E-state index in [2.05, 4.69) is 12.2 Å². The number of hydrogen-bond donors (Lipinski definition) is 1. The zero-order chi connectivity index (χ0) is 18.0. The van der Waals surface area contributed by atoms with Crippen LogP contribution in [0.5, 0.6) is 0 Å². The number of carbonyl (C=O) groups is 2. The van der Waals surface area contributed by atoms with Crippen LogP contribution in [0.4, 0.5) is 5.69 Å². The number of nitrogens with zero attached hydrogens (tertiary/aromatic N) is 1. The van der Waals surface area contributed by atoms with Gasteiger partial charge in [-0.1, -0.05) is 19.1 Å². The zero-order valence-electron chi connectivity index (χ0n) is 15.4. The van der Waals surface area contributed by atoms with Crippen molar-refractivity contribution in [2.75, 3.05) is 25.0 Å². The van der Waals surface area contributed by atoms with Crippen LogP contribution in [0, 0.1) is 25.7 Å². The molecule has 2 amide bonds. The summed E-state index contributed by atoms with van der Waals surface area (Å²) in [5.41, 5.74) is 3.01. The summed E-state index contributed by atoms with van der Waals surface area (Å²) in [6, 6.07) is 5.85. The Hall–Kier alpha value is -1.88. The van der Waals surface area contributed by atoms with E-state index in [0.29, 0.717) is 12.5 Å². The summed E-state index contributed by atoms with van der Waals surface area (Å²) in [4.78, 5) is 26.9. The molecule has 1 aromatic carbocycles. The summed E-state index contributed by atoms with van der Waals surface area (Å²) in [5, 5.41) is 2.96. The standard InChI is InChI=1S/C20H28N2O3/c1-13-6-4-8-18(15(13)3)21-19(23)12-22(11-16-7-5-9-25-16)20(24)17-10-14(17)2/h4,6,8,14,16-17H,5,7,9-12H2,1-3H3,(H,21,23). The minimum Gasteiger partial charge on any atom is -0.376 e. The highest BCUT2D eigenvalue weighted by Crippen LogP contribution is 2.39. The monoisotopic (exact) mass is 344 g/mol. The largest absolute Gasteiger partial charge is 0.376 e. The van der Waals surface area contributed by atoms with Gasteiger partial charge in [-0.3, -0.25) is 9.59 Å².